The highest BCUT2D eigenvalue weighted by atomic mass is 32.1. The number of carbonyl (C=O) groups is 2. The SMILES string of the molecule is COCC(=O)N(CC(=O)N1CCc2sccc2[C@@H]1COc1cccc(F)c1)C[C@@H]1CCCO1. The lowest BCUT2D eigenvalue weighted by molar-refractivity contribution is -0.145. The van der Waals surface area contributed by atoms with Crippen molar-refractivity contribution in [3.63, 3.8) is 0 Å². The van der Waals surface area contributed by atoms with Crippen molar-refractivity contribution in [2.45, 2.75) is 31.4 Å². The molecule has 0 spiro atoms. The summed E-state index contributed by atoms with van der Waals surface area (Å²) in [6.45, 7) is 1.67. The smallest absolute Gasteiger partial charge is 0.249 e. The third kappa shape index (κ3) is 5.90. The van der Waals surface area contributed by atoms with Gasteiger partial charge in [-0.15, -0.1) is 11.3 Å². The Morgan fingerprint density at radius 1 is 1.33 bits per heavy atom. The summed E-state index contributed by atoms with van der Waals surface area (Å²) in [6, 6.07) is 7.68. The molecule has 2 amide bonds. The van der Waals surface area contributed by atoms with E-state index in [0.717, 1.165) is 24.8 Å². The molecule has 0 N–H and O–H groups in total. The number of hydrogen-bond donors (Lipinski definition) is 0. The molecular weight excluding hydrogens is 447 g/mol. The molecular formula is C24H29FN2O5S. The summed E-state index contributed by atoms with van der Waals surface area (Å²) in [6.07, 6.45) is 2.53. The van der Waals surface area contributed by atoms with Crippen LogP contribution < -0.4 is 4.74 Å². The molecule has 0 aliphatic carbocycles. The van der Waals surface area contributed by atoms with Gasteiger partial charge in [-0.2, -0.15) is 0 Å². The van der Waals surface area contributed by atoms with Gasteiger partial charge >= 0.3 is 0 Å². The zero-order valence-corrected chi connectivity index (χ0v) is 19.5. The van der Waals surface area contributed by atoms with Crippen molar-refractivity contribution in [3.05, 3.63) is 52.0 Å². The van der Waals surface area contributed by atoms with Gasteiger partial charge in [-0.1, -0.05) is 6.07 Å². The molecule has 178 valence electrons. The molecule has 1 aromatic heterocycles. The molecule has 0 unspecified atom stereocenters. The van der Waals surface area contributed by atoms with E-state index >= 15 is 0 Å². The Morgan fingerprint density at radius 3 is 2.97 bits per heavy atom. The van der Waals surface area contributed by atoms with Crippen LogP contribution >= 0.6 is 11.3 Å². The average Bonchev–Trinajstić information content (AvgIpc) is 3.49. The molecule has 1 saturated heterocycles. The van der Waals surface area contributed by atoms with Crippen LogP contribution in [0.2, 0.25) is 0 Å². The Labute approximate surface area is 197 Å². The number of nitrogens with zero attached hydrogens (tertiary/aromatic N) is 2. The first-order chi connectivity index (χ1) is 16.0. The molecule has 2 atom stereocenters. The Hall–Kier alpha value is -2.49. The lowest BCUT2D eigenvalue weighted by Gasteiger charge is -2.37. The maximum absolute atomic E-state index is 13.6. The van der Waals surface area contributed by atoms with Crippen LogP contribution in [0.15, 0.2) is 35.7 Å². The monoisotopic (exact) mass is 476 g/mol. The quantitative estimate of drug-likeness (QED) is 0.557. The molecule has 3 heterocycles. The van der Waals surface area contributed by atoms with Gasteiger partial charge in [0.05, 0.1) is 18.7 Å². The molecule has 0 bridgehead atoms. The van der Waals surface area contributed by atoms with Crippen LogP contribution in [0.3, 0.4) is 0 Å². The Kier molecular flexibility index (Phi) is 7.95. The number of ether oxygens (including phenoxy) is 3. The van der Waals surface area contributed by atoms with Crippen LogP contribution in [0.4, 0.5) is 4.39 Å². The number of halogens is 1. The largest absolute Gasteiger partial charge is 0.491 e. The molecule has 0 saturated carbocycles. The highest BCUT2D eigenvalue weighted by Gasteiger charge is 2.34. The van der Waals surface area contributed by atoms with Gasteiger partial charge in [-0.3, -0.25) is 9.59 Å². The number of hydrogen-bond acceptors (Lipinski definition) is 6. The first-order valence-electron chi connectivity index (χ1n) is 11.2. The second-order valence-electron chi connectivity index (χ2n) is 8.26. The molecule has 9 heteroatoms. The molecule has 4 rings (SSSR count). The summed E-state index contributed by atoms with van der Waals surface area (Å²) < 4.78 is 30.2. The molecule has 2 aromatic rings. The highest BCUT2D eigenvalue weighted by Crippen LogP contribution is 2.34. The second kappa shape index (κ2) is 11.1. The minimum Gasteiger partial charge on any atom is -0.491 e. The summed E-state index contributed by atoms with van der Waals surface area (Å²) in [5.74, 6) is -0.342. The number of amides is 2. The lowest BCUT2D eigenvalue weighted by Crippen LogP contribution is -2.49. The summed E-state index contributed by atoms with van der Waals surface area (Å²) in [5.41, 5.74) is 1.05. The molecule has 2 aliphatic heterocycles. The standard InChI is InChI=1S/C24H29FN2O5S/c1-30-16-24(29)26(13-19-6-3-10-31-19)14-23(28)27-9-7-22-20(8-11-33-22)21(27)15-32-18-5-2-4-17(25)12-18/h2,4-5,8,11-12,19,21H,3,6-7,9-10,13-16H2,1H3/t19-,21-/m0/s1. The number of benzene rings is 1. The van der Waals surface area contributed by atoms with Gasteiger partial charge in [0.2, 0.25) is 11.8 Å². The van der Waals surface area contributed by atoms with Crippen molar-refractivity contribution in [2.75, 3.05) is 46.6 Å². The fraction of sp³-hybridized carbons (Fsp3) is 0.500. The number of carbonyl (C=O) groups excluding carboxylic acids is 2. The molecule has 1 aromatic carbocycles. The Balaban J connectivity index is 1.48. The Bertz CT molecular complexity index is 962. The van der Waals surface area contributed by atoms with Crippen LogP contribution in [0.5, 0.6) is 5.75 Å². The van der Waals surface area contributed by atoms with E-state index in [1.165, 1.54) is 29.0 Å². The third-order valence-corrected chi connectivity index (χ3v) is 7.01. The van der Waals surface area contributed by atoms with Crippen molar-refractivity contribution < 1.29 is 28.2 Å². The third-order valence-electron chi connectivity index (χ3n) is 6.01. The summed E-state index contributed by atoms with van der Waals surface area (Å²) in [4.78, 5) is 30.6. The van der Waals surface area contributed by atoms with Crippen LogP contribution in [0, 0.1) is 5.82 Å². The molecule has 1 fully saturated rings. The van der Waals surface area contributed by atoms with Gasteiger partial charge in [-0.05, 0) is 48.4 Å². The van der Waals surface area contributed by atoms with E-state index in [1.54, 1.807) is 28.4 Å². The minimum absolute atomic E-state index is 0.0437. The second-order valence-corrected chi connectivity index (χ2v) is 9.26. The highest BCUT2D eigenvalue weighted by molar-refractivity contribution is 7.10. The fourth-order valence-electron chi connectivity index (χ4n) is 4.36. The van der Waals surface area contributed by atoms with Gasteiger partial charge < -0.3 is 24.0 Å². The molecule has 0 radical (unpaired) electrons. The number of fused-ring (bicyclic) bond motifs is 1. The maximum Gasteiger partial charge on any atom is 0.249 e. The van der Waals surface area contributed by atoms with Crippen LogP contribution in [0.25, 0.3) is 0 Å². The van der Waals surface area contributed by atoms with Gasteiger partial charge in [0.1, 0.15) is 24.8 Å². The zero-order chi connectivity index (χ0) is 23.2. The number of thiophene rings is 1. The van der Waals surface area contributed by atoms with Crippen molar-refractivity contribution in [3.8, 4) is 5.75 Å². The topological polar surface area (TPSA) is 68.3 Å². The van der Waals surface area contributed by atoms with Crippen molar-refractivity contribution in [1.82, 2.24) is 9.80 Å². The Morgan fingerprint density at radius 2 is 2.21 bits per heavy atom. The van der Waals surface area contributed by atoms with Crippen LogP contribution in [-0.4, -0.2) is 74.3 Å². The molecule has 7 nitrogen and oxygen atoms in total. The van der Waals surface area contributed by atoms with Crippen LogP contribution in [-0.2, 0) is 25.5 Å². The minimum atomic E-state index is -0.373. The van der Waals surface area contributed by atoms with Crippen molar-refractivity contribution in [2.24, 2.45) is 0 Å². The first kappa shape index (κ1) is 23.7. The van der Waals surface area contributed by atoms with Crippen molar-refractivity contribution >= 4 is 23.2 Å². The van der Waals surface area contributed by atoms with E-state index in [1.807, 2.05) is 11.4 Å². The molecule has 33 heavy (non-hydrogen) atoms. The summed E-state index contributed by atoms with van der Waals surface area (Å²) in [5, 5.41) is 2.01. The van der Waals surface area contributed by atoms with E-state index in [-0.39, 0.29) is 49.5 Å². The predicted molar refractivity (Wildman–Crippen MR) is 122 cm³/mol. The van der Waals surface area contributed by atoms with Crippen LogP contribution in [0.1, 0.15) is 29.3 Å². The fourth-order valence-corrected chi connectivity index (χ4v) is 5.29. The zero-order valence-electron chi connectivity index (χ0n) is 18.7. The van der Waals surface area contributed by atoms with E-state index in [2.05, 4.69) is 0 Å². The number of rotatable bonds is 9. The molecule has 2 aliphatic rings. The summed E-state index contributed by atoms with van der Waals surface area (Å²) in [7, 11) is 1.46. The summed E-state index contributed by atoms with van der Waals surface area (Å²) >= 11 is 1.66. The van der Waals surface area contributed by atoms with Crippen molar-refractivity contribution in [1.29, 1.82) is 0 Å². The normalized spacial score (nSPS) is 19.9. The first-order valence-corrected chi connectivity index (χ1v) is 12.1. The average molecular weight is 477 g/mol. The van der Waals surface area contributed by atoms with Gasteiger partial charge in [0.25, 0.3) is 0 Å². The number of methoxy groups -OCH3 is 1. The van der Waals surface area contributed by atoms with Gasteiger partial charge in [0.15, 0.2) is 0 Å². The van der Waals surface area contributed by atoms with E-state index < -0.39 is 0 Å². The van der Waals surface area contributed by atoms with Gasteiger partial charge in [0, 0.05) is 37.7 Å². The lowest BCUT2D eigenvalue weighted by atomic mass is 10.0. The maximum atomic E-state index is 13.6. The van der Waals surface area contributed by atoms with Gasteiger partial charge in [-0.25, -0.2) is 4.39 Å². The van der Waals surface area contributed by atoms with E-state index in [9.17, 15) is 14.0 Å². The van der Waals surface area contributed by atoms with E-state index in [4.69, 9.17) is 14.2 Å². The van der Waals surface area contributed by atoms with E-state index in [0.29, 0.717) is 25.4 Å². The predicted octanol–water partition coefficient (Wildman–Crippen LogP) is 3.05.